The summed E-state index contributed by atoms with van der Waals surface area (Å²) >= 11 is 0. The van der Waals surface area contributed by atoms with E-state index in [9.17, 15) is 49.4 Å². The predicted molar refractivity (Wildman–Crippen MR) is 180 cm³/mol. The van der Waals surface area contributed by atoms with Gasteiger partial charge in [0.15, 0.2) is 11.5 Å². The van der Waals surface area contributed by atoms with Crippen LogP contribution in [-0.4, -0.2) is 33.4 Å². The van der Waals surface area contributed by atoms with Crippen LogP contribution >= 0.6 is 0 Å². The first-order valence-corrected chi connectivity index (χ1v) is 16.2. The average Bonchev–Trinajstić information content (AvgIpc) is 3.48. The second-order valence-electron chi connectivity index (χ2n) is 12.4. The minimum atomic E-state index is -4.60. The summed E-state index contributed by atoms with van der Waals surface area (Å²) in [7, 11) is 0. The Balaban J connectivity index is 0.000000253. The van der Waals surface area contributed by atoms with E-state index in [4.69, 9.17) is 0 Å². The zero-order valence-electron chi connectivity index (χ0n) is 28.0. The molecule has 0 fully saturated rings. The van der Waals surface area contributed by atoms with E-state index in [-0.39, 0.29) is 38.3 Å². The molecular weight excluding hydrogens is 894 g/mol. The molecule has 0 saturated heterocycles. The largest absolute Gasteiger partial charge is 0.656 e. The quantitative estimate of drug-likeness (QED) is 0.0712. The van der Waals surface area contributed by atoms with E-state index >= 15 is 0 Å². The normalized spacial score (nSPS) is 13.8. The number of hydrogen-bond donors (Lipinski definition) is 1. The van der Waals surface area contributed by atoms with Gasteiger partial charge in [0.05, 0.1) is 24.3 Å². The van der Waals surface area contributed by atoms with Crippen molar-refractivity contribution in [2.24, 2.45) is 11.8 Å². The Labute approximate surface area is 310 Å². The average molecular weight is 925 g/mol. The number of ketones is 1. The number of alkyl halides is 9. The minimum Gasteiger partial charge on any atom is -0.656 e. The zero-order chi connectivity index (χ0) is 38.0. The van der Waals surface area contributed by atoms with Gasteiger partial charge in [-0.15, -0.1) is 16.3 Å². The predicted octanol–water partition coefficient (Wildman–Crippen LogP) is 11.7. The Morgan fingerprint density at radius 1 is 0.698 bits per heavy atom. The van der Waals surface area contributed by atoms with Gasteiger partial charge in [0, 0.05) is 48.8 Å². The summed E-state index contributed by atoms with van der Waals surface area (Å²) in [6.07, 6.45) is -16.0. The summed E-state index contributed by atoms with van der Waals surface area (Å²) in [5, 5.41) is 22.1. The number of aromatic nitrogens is 3. The van der Waals surface area contributed by atoms with E-state index < -0.39 is 60.4 Å². The fraction of sp³-hybridized carbons (Fsp3) is 0.289. The van der Waals surface area contributed by atoms with Crippen LogP contribution < -0.4 is 4.98 Å². The number of carbonyl (C=O) groups is 1. The molecule has 4 aromatic carbocycles. The van der Waals surface area contributed by atoms with Crippen molar-refractivity contribution in [2.45, 2.75) is 58.1 Å². The van der Waals surface area contributed by atoms with Gasteiger partial charge in [-0.05, 0) is 58.0 Å². The number of aliphatic hydroxyl groups is 1. The summed E-state index contributed by atoms with van der Waals surface area (Å²) in [5.74, 6) is -4.54. The number of hydrogen-bond acceptors (Lipinski definition) is 4. The van der Waals surface area contributed by atoms with Gasteiger partial charge in [-0.1, -0.05) is 74.5 Å². The van der Waals surface area contributed by atoms with Crippen molar-refractivity contribution in [1.29, 1.82) is 0 Å². The van der Waals surface area contributed by atoms with Crippen molar-refractivity contribution >= 4 is 49.0 Å². The number of fused-ring (bicyclic) bond motifs is 4. The van der Waals surface area contributed by atoms with Crippen LogP contribution in [0, 0.1) is 11.8 Å². The summed E-state index contributed by atoms with van der Waals surface area (Å²) in [5.41, 5.74) is 0.629. The van der Waals surface area contributed by atoms with E-state index in [2.05, 4.69) is 15.2 Å². The molecule has 53 heavy (non-hydrogen) atoms. The molecule has 6 aromatic rings. The van der Waals surface area contributed by atoms with Crippen molar-refractivity contribution in [3.05, 3.63) is 96.4 Å². The Morgan fingerprint density at radius 2 is 1.19 bits per heavy atom. The summed E-state index contributed by atoms with van der Waals surface area (Å²) in [4.78, 5) is 16.3. The van der Waals surface area contributed by atoms with Gasteiger partial charge in [0.1, 0.15) is 0 Å². The number of aliphatic hydroxyl groups excluding tert-OH is 1. The minimum absolute atomic E-state index is 0. The maximum absolute atomic E-state index is 13.7. The molecule has 0 amide bonds. The molecule has 0 aliphatic rings. The molecule has 2 heterocycles. The van der Waals surface area contributed by atoms with Crippen molar-refractivity contribution in [2.75, 3.05) is 0 Å². The van der Waals surface area contributed by atoms with Crippen LogP contribution in [0.3, 0.4) is 0 Å². The second kappa shape index (κ2) is 16.3. The first-order chi connectivity index (χ1) is 24.4. The smallest absolute Gasteiger partial charge is 0.435 e. The molecule has 0 aliphatic heterocycles. The van der Waals surface area contributed by atoms with Crippen molar-refractivity contribution in [1.82, 2.24) is 15.2 Å². The molecule has 0 aliphatic carbocycles. The van der Waals surface area contributed by atoms with Gasteiger partial charge in [-0.25, -0.2) is 0 Å². The topological polar surface area (TPSA) is 77.2 Å². The molecule has 2 unspecified atom stereocenters. The van der Waals surface area contributed by atoms with Crippen LogP contribution in [-0.2, 0) is 31.1 Å². The van der Waals surface area contributed by atoms with E-state index in [0.717, 1.165) is 27.1 Å². The third kappa shape index (κ3) is 10.1. The van der Waals surface area contributed by atoms with E-state index in [1.54, 1.807) is 18.2 Å². The fourth-order valence-electron chi connectivity index (χ4n) is 5.97. The van der Waals surface area contributed by atoms with E-state index in [1.165, 1.54) is 19.9 Å². The zero-order valence-corrected chi connectivity index (χ0v) is 30.4. The van der Waals surface area contributed by atoms with E-state index in [0.29, 0.717) is 28.2 Å². The van der Waals surface area contributed by atoms with Crippen molar-refractivity contribution < 1.29 is 69.5 Å². The molecule has 0 spiro atoms. The molecule has 0 saturated carbocycles. The number of halogens is 9. The summed E-state index contributed by atoms with van der Waals surface area (Å²) in [6, 6.07) is 24.4. The Hall–Kier alpha value is -4.49. The van der Waals surface area contributed by atoms with Crippen molar-refractivity contribution in [3.63, 3.8) is 0 Å². The third-order valence-corrected chi connectivity index (χ3v) is 8.64. The Morgan fingerprint density at radius 3 is 1.70 bits per heavy atom. The van der Waals surface area contributed by atoms with Crippen LogP contribution in [0.25, 0.3) is 54.6 Å². The summed E-state index contributed by atoms with van der Waals surface area (Å²) < 4.78 is 115. The summed E-state index contributed by atoms with van der Waals surface area (Å²) in [6.45, 7) is 2.75. The molecule has 2 aromatic heterocycles. The molecule has 283 valence electrons. The molecule has 2 atom stereocenters. The molecule has 15 heteroatoms. The first kappa shape index (κ1) is 41.3. The Kier molecular flexibility index (Phi) is 12.7. The molecule has 0 bridgehead atoms. The molecular formula is C38H31F9IrN3O2-. The van der Waals surface area contributed by atoms with Crippen LogP contribution in [0.2, 0.25) is 0 Å². The number of carbonyl (C=O) groups excluding carboxylic acids is 1. The van der Waals surface area contributed by atoms with Gasteiger partial charge < -0.3 is 10.1 Å². The third-order valence-electron chi connectivity index (χ3n) is 8.64. The van der Waals surface area contributed by atoms with Crippen LogP contribution in [0.4, 0.5) is 39.5 Å². The van der Waals surface area contributed by atoms with Gasteiger partial charge in [0.2, 0.25) is 0 Å². The maximum Gasteiger partial charge on any atom is 0.435 e. The standard InChI is InChI=1S/C25H13F3N3.C13H18F6O2.Ir/c26-25(27,28)24-20-11-16-7-3-2-6-15(16)10-19(20)23(30-31-24)22-13-18-9-14-5-1-4-8-17(14)12-21(18)29-22;1-3-8(6-12(14,15)16)10(20)5-11(21)9(4-2)7-13(17,18)19;/h1-13H;5,8-9,20H,3-4,6-7H2,1-2H3;/q-1;;/b;10-5-;. The second-order valence-corrected chi connectivity index (χ2v) is 12.4. The SMILES string of the molecule is CCC(CC(F)(F)F)C(=O)/C=C(\O)C(CC)CC(F)(F)F.FC(F)(F)c1nnc(-c2cc3cc4ccccc4cc3[n-]2)c2cc3ccccc3cc12.[Ir]. The number of allylic oxidation sites excluding steroid dienone is 2. The monoisotopic (exact) mass is 925 g/mol. The van der Waals surface area contributed by atoms with Gasteiger partial charge in [-0.3, -0.25) is 4.79 Å². The van der Waals surface area contributed by atoms with Crippen LogP contribution in [0.5, 0.6) is 0 Å². The number of benzene rings is 4. The van der Waals surface area contributed by atoms with E-state index in [1.807, 2.05) is 54.6 Å². The van der Waals surface area contributed by atoms with Crippen molar-refractivity contribution in [3.8, 4) is 11.4 Å². The Bertz CT molecular complexity index is 2210. The van der Waals surface area contributed by atoms with Gasteiger partial charge in [-0.2, -0.15) is 44.6 Å². The number of nitrogens with zero attached hydrogens (tertiary/aromatic N) is 3. The first-order valence-electron chi connectivity index (χ1n) is 16.2. The molecule has 6 rings (SSSR count). The maximum atomic E-state index is 13.7. The van der Waals surface area contributed by atoms with Crippen LogP contribution in [0.1, 0.15) is 45.2 Å². The van der Waals surface area contributed by atoms with Crippen LogP contribution in [0.15, 0.2) is 90.7 Å². The molecule has 1 N–H and O–H groups in total. The molecule has 1 radical (unpaired) electrons. The van der Waals surface area contributed by atoms with Gasteiger partial charge >= 0.3 is 18.5 Å². The number of rotatable bonds is 8. The van der Waals surface area contributed by atoms with Gasteiger partial charge in [0.25, 0.3) is 0 Å². The molecule has 5 nitrogen and oxygen atoms in total. The fourth-order valence-corrected chi connectivity index (χ4v) is 5.97.